The fourth-order valence-electron chi connectivity index (χ4n) is 4.24. The minimum Gasteiger partial charge on any atom is -0.503 e. The number of benzene rings is 2. The van der Waals surface area contributed by atoms with E-state index in [1.54, 1.807) is 43.5 Å². The number of anilines is 1. The molecule has 4 aromatic rings. The lowest BCUT2D eigenvalue weighted by Crippen LogP contribution is -2.30. The van der Waals surface area contributed by atoms with Gasteiger partial charge in [0.15, 0.2) is 22.9 Å². The Morgan fingerprint density at radius 1 is 1.11 bits per heavy atom. The van der Waals surface area contributed by atoms with Crippen molar-refractivity contribution in [1.82, 2.24) is 0 Å². The molecule has 0 radical (unpaired) electrons. The summed E-state index contributed by atoms with van der Waals surface area (Å²) in [5, 5.41) is 13.8. The van der Waals surface area contributed by atoms with Crippen LogP contribution in [0.2, 0.25) is 5.02 Å². The van der Waals surface area contributed by atoms with Gasteiger partial charge in [0.05, 0.1) is 19.8 Å². The van der Waals surface area contributed by atoms with Crippen molar-refractivity contribution in [2.75, 3.05) is 19.1 Å². The fraction of sp³-hybridized carbons (Fsp3) is 0.154. The van der Waals surface area contributed by atoms with Crippen LogP contribution >= 0.6 is 22.9 Å². The van der Waals surface area contributed by atoms with Crippen LogP contribution in [0.5, 0.6) is 11.5 Å². The number of ketones is 1. The van der Waals surface area contributed by atoms with Crippen molar-refractivity contribution in [2.24, 2.45) is 0 Å². The highest BCUT2D eigenvalue weighted by molar-refractivity contribution is 7.10. The van der Waals surface area contributed by atoms with Crippen molar-refractivity contribution in [3.8, 4) is 11.5 Å². The smallest absolute Gasteiger partial charge is 0.294 e. The van der Waals surface area contributed by atoms with E-state index in [-0.39, 0.29) is 11.3 Å². The number of furan rings is 1. The number of aliphatic hydroxyl groups is 1. The molecular weight excluding hydrogens is 490 g/mol. The van der Waals surface area contributed by atoms with Gasteiger partial charge in [0.25, 0.3) is 5.91 Å². The number of thiophene rings is 1. The number of amides is 1. The Morgan fingerprint density at radius 2 is 1.86 bits per heavy atom. The largest absolute Gasteiger partial charge is 0.503 e. The Morgan fingerprint density at radius 3 is 2.49 bits per heavy atom. The summed E-state index contributed by atoms with van der Waals surface area (Å²) in [5.41, 5.74) is 1.70. The van der Waals surface area contributed by atoms with Gasteiger partial charge >= 0.3 is 0 Å². The first kappa shape index (κ1) is 23.0. The van der Waals surface area contributed by atoms with Gasteiger partial charge in [-0.15, -0.1) is 11.3 Å². The van der Waals surface area contributed by atoms with Crippen molar-refractivity contribution in [2.45, 2.75) is 13.0 Å². The van der Waals surface area contributed by atoms with E-state index in [1.807, 2.05) is 18.4 Å². The molecular formula is C26H20ClNO6S. The summed E-state index contributed by atoms with van der Waals surface area (Å²) in [4.78, 5) is 29.3. The normalized spacial score (nSPS) is 15.8. The predicted molar refractivity (Wildman–Crippen MR) is 134 cm³/mol. The number of Topliss-reactive ketones (excluding diaryl/α,β-unsaturated/α-hetero) is 1. The molecule has 0 bridgehead atoms. The molecule has 1 aliphatic heterocycles. The van der Waals surface area contributed by atoms with E-state index in [0.29, 0.717) is 33.2 Å². The average molecular weight is 510 g/mol. The third-order valence-corrected chi connectivity index (χ3v) is 7.23. The van der Waals surface area contributed by atoms with E-state index in [9.17, 15) is 14.7 Å². The molecule has 5 rings (SSSR count). The van der Waals surface area contributed by atoms with Gasteiger partial charge in [0.2, 0.25) is 5.78 Å². The molecule has 1 N–H and O–H groups in total. The SMILES string of the molecule is COc1ccc(N2C(=O)C(O)=C(C(=O)c3cc4cc(Cl)cc(OC)c4o3)C2c2sccc2C)cc1. The zero-order chi connectivity index (χ0) is 24.9. The molecule has 0 spiro atoms. The number of rotatable bonds is 6. The van der Waals surface area contributed by atoms with Crippen molar-refractivity contribution in [3.63, 3.8) is 0 Å². The molecule has 0 fully saturated rings. The molecule has 9 heteroatoms. The number of hydrogen-bond acceptors (Lipinski definition) is 7. The van der Waals surface area contributed by atoms with Gasteiger partial charge in [-0.05, 0) is 60.3 Å². The maximum absolute atomic E-state index is 13.8. The number of aliphatic hydroxyl groups excluding tert-OH is 1. The number of carbonyl (C=O) groups is 2. The van der Waals surface area contributed by atoms with Crippen LogP contribution < -0.4 is 14.4 Å². The second-order valence-corrected chi connectivity index (χ2v) is 9.36. The first-order valence-corrected chi connectivity index (χ1v) is 11.9. The first-order chi connectivity index (χ1) is 16.8. The van der Waals surface area contributed by atoms with Gasteiger partial charge in [-0.25, -0.2) is 0 Å². The van der Waals surface area contributed by atoms with Gasteiger partial charge in [-0.3, -0.25) is 14.5 Å². The summed E-state index contributed by atoms with van der Waals surface area (Å²) in [6.45, 7) is 1.90. The standard InChI is InChI=1S/C26H20ClNO6S/c1-13-8-9-35-25(13)21-20(23(30)26(31)28(21)16-4-6-17(32-2)7-5-16)22(29)18-11-14-10-15(27)12-19(33-3)24(14)34-18/h4-12,21,30H,1-3H3. The number of fused-ring (bicyclic) bond motifs is 1. The maximum Gasteiger partial charge on any atom is 0.294 e. The summed E-state index contributed by atoms with van der Waals surface area (Å²) in [6.07, 6.45) is 0. The number of carbonyl (C=O) groups excluding carboxylic acids is 2. The Kier molecular flexibility index (Phi) is 5.78. The summed E-state index contributed by atoms with van der Waals surface area (Å²) in [6, 6.07) is 12.7. The molecule has 178 valence electrons. The van der Waals surface area contributed by atoms with Crippen LogP contribution in [0.25, 0.3) is 11.0 Å². The van der Waals surface area contributed by atoms with Crippen LogP contribution in [0.15, 0.2) is 69.7 Å². The Hall–Kier alpha value is -3.75. The van der Waals surface area contributed by atoms with Gasteiger partial charge in [0, 0.05) is 27.0 Å². The van der Waals surface area contributed by atoms with Crippen molar-refractivity contribution in [1.29, 1.82) is 0 Å². The minimum atomic E-state index is -0.831. The summed E-state index contributed by atoms with van der Waals surface area (Å²) < 4.78 is 16.4. The summed E-state index contributed by atoms with van der Waals surface area (Å²) in [7, 11) is 3.02. The van der Waals surface area contributed by atoms with E-state index in [4.69, 9.17) is 25.5 Å². The Bertz CT molecular complexity index is 1500. The van der Waals surface area contributed by atoms with Crippen molar-refractivity contribution in [3.05, 3.63) is 86.5 Å². The number of methoxy groups -OCH3 is 2. The van der Waals surface area contributed by atoms with Gasteiger partial charge in [-0.2, -0.15) is 0 Å². The molecule has 3 heterocycles. The lowest BCUT2D eigenvalue weighted by molar-refractivity contribution is -0.117. The number of aryl methyl sites for hydroxylation is 1. The monoisotopic (exact) mass is 509 g/mol. The van der Waals surface area contributed by atoms with E-state index in [1.165, 1.54) is 29.4 Å². The van der Waals surface area contributed by atoms with Crippen molar-refractivity contribution < 1.29 is 28.6 Å². The zero-order valence-corrected chi connectivity index (χ0v) is 20.6. The number of nitrogens with zero attached hydrogens (tertiary/aromatic N) is 1. The van der Waals surface area contributed by atoms with Gasteiger partial charge < -0.3 is 19.0 Å². The van der Waals surface area contributed by atoms with E-state index in [2.05, 4.69) is 0 Å². The quantitative estimate of drug-likeness (QED) is 0.309. The Labute approximate surface area is 209 Å². The molecule has 1 unspecified atom stereocenters. The fourth-order valence-corrected chi connectivity index (χ4v) is 5.48. The maximum atomic E-state index is 13.8. The van der Waals surface area contributed by atoms with Crippen LogP contribution in [0.4, 0.5) is 5.69 Å². The summed E-state index contributed by atoms with van der Waals surface area (Å²) in [5.74, 6) is -0.933. The number of hydrogen-bond donors (Lipinski definition) is 1. The van der Waals surface area contributed by atoms with E-state index < -0.39 is 23.5 Å². The molecule has 0 saturated heterocycles. The van der Waals surface area contributed by atoms with E-state index >= 15 is 0 Å². The highest BCUT2D eigenvalue weighted by Crippen LogP contribution is 2.45. The lowest BCUT2D eigenvalue weighted by atomic mass is 9.98. The van der Waals surface area contributed by atoms with Crippen LogP contribution in [-0.4, -0.2) is 31.0 Å². The van der Waals surface area contributed by atoms with Gasteiger partial charge in [0.1, 0.15) is 11.8 Å². The third kappa shape index (κ3) is 3.75. The van der Waals surface area contributed by atoms with Crippen LogP contribution in [0.3, 0.4) is 0 Å². The average Bonchev–Trinajstić information content (AvgIpc) is 3.54. The minimum absolute atomic E-state index is 0.0364. The molecule has 35 heavy (non-hydrogen) atoms. The predicted octanol–water partition coefficient (Wildman–Crippen LogP) is 6.26. The second kappa shape index (κ2) is 8.79. The summed E-state index contributed by atoms with van der Waals surface area (Å²) >= 11 is 7.56. The number of halogens is 1. The molecule has 7 nitrogen and oxygen atoms in total. The third-order valence-electron chi connectivity index (χ3n) is 5.94. The van der Waals surface area contributed by atoms with Crippen molar-refractivity contribution >= 4 is 51.3 Å². The topological polar surface area (TPSA) is 89.2 Å². The molecule has 0 aliphatic carbocycles. The molecule has 1 atom stereocenters. The molecule has 1 aliphatic rings. The lowest BCUT2D eigenvalue weighted by Gasteiger charge is -2.26. The molecule has 0 saturated carbocycles. The van der Waals surface area contributed by atoms with Gasteiger partial charge in [-0.1, -0.05) is 11.6 Å². The van der Waals surface area contributed by atoms with Crippen LogP contribution in [0, 0.1) is 6.92 Å². The highest BCUT2D eigenvalue weighted by atomic mass is 35.5. The second-order valence-electron chi connectivity index (χ2n) is 7.97. The number of ether oxygens (including phenoxy) is 2. The zero-order valence-electron chi connectivity index (χ0n) is 19.0. The first-order valence-electron chi connectivity index (χ1n) is 10.6. The van der Waals surface area contributed by atoms with E-state index in [0.717, 1.165) is 10.4 Å². The molecule has 2 aromatic carbocycles. The van der Waals surface area contributed by atoms with Crippen LogP contribution in [0.1, 0.15) is 27.0 Å². The van der Waals surface area contributed by atoms with Crippen LogP contribution in [-0.2, 0) is 4.79 Å². The molecule has 1 amide bonds. The Balaban J connectivity index is 1.65. The molecule has 2 aromatic heterocycles. The highest BCUT2D eigenvalue weighted by Gasteiger charge is 2.46.